The third-order valence-electron chi connectivity index (χ3n) is 16.5. The van der Waals surface area contributed by atoms with Gasteiger partial charge in [-0.2, -0.15) is 0 Å². The molecule has 0 spiro atoms. The number of ether oxygens (including phenoxy) is 17. The van der Waals surface area contributed by atoms with Gasteiger partial charge in [-0.05, 0) is 5.53 Å². The Balaban J connectivity index is 1.04. The standard InChI is InChI=1S/C50H86N4O37/c51-54-53-2-4-76-6-8-77-7-5-75-3-1-52-9-16-37-23(61)30(68)44(78-16)86-38-17(10-55)80-46(32(70)25(38)63)88-40-19(12-57)82-48(34(72)27(40)65)90-42-21(14-59)84-50(36(74)29(42)67)91-43-22(15-60)83-49(35(73)28(43)66)89-41-20(13-58)81-47(33(71)26(41)64)87-39-18(11-56)79-45(85-37)31(69)24(39)62/h16-50,52,55-74H,1-15H2. The molecule has 0 aromatic heterocycles. The SMILES string of the molecule is [N-]=[N+]=NCCOCCOCCOCCNCC1OC2OC3C(CO)OC(OC4C(CO)OC(OC5C(CO)OC(OC6C(CO)OC(OC7C(CO)OC(OC8C(CO)OC(OC1C(O)C2O)C(O)C8O)C(O)C7O)C(O)C6O)C(O)C5O)C(O)C4O)C(O)C3O. The molecular formula is C50H86N4O37. The smallest absolute Gasteiger partial charge is 0.187 e. The first-order chi connectivity index (χ1) is 43.7. The maximum atomic E-state index is 11.8. The van der Waals surface area contributed by atoms with Crippen LogP contribution in [0.15, 0.2) is 5.11 Å². The fourth-order valence-corrected chi connectivity index (χ4v) is 11.5. The van der Waals surface area contributed by atoms with Gasteiger partial charge < -0.3 is 188 Å². The molecule has 21 N–H and O–H groups in total. The Labute approximate surface area is 516 Å². The van der Waals surface area contributed by atoms with Crippen molar-refractivity contribution in [1.29, 1.82) is 0 Å². The highest BCUT2D eigenvalue weighted by molar-refractivity contribution is 5.02. The molecule has 21 aliphatic rings. The Bertz CT molecular complexity index is 2180. The van der Waals surface area contributed by atoms with E-state index in [1.165, 1.54) is 0 Å². The maximum Gasteiger partial charge on any atom is 0.187 e. The van der Waals surface area contributed by atoms with Crippen LogP contribution in [0.5, 0.6) is 0 Å². The third-order valence-corrected chi connectivity index (χ3v) is 16.5. The quantitative estimate of drug-likeness (QED) is 0.0233. The van der Waals surface area contributed by atoms with Crippen molar-refractivity contribution in [3.8, 4) is 0 Å². The summed E-state index contributed by atoms with van der Waals surface area (Å²) in [5, 5.41) is 230. The summed E-state index contributed by atoms with van der Waals surface area (Å²) in [5.41, 5.74) is 8.36. The van der Waals surface area contributed by atoms with Crippen molar-refractivity contribution in [2.24, 2.45) is 5.11 Å². The molecule has 21 heterocycles. The third kappa shape index (κ3) is 17.2. The van der Waals surface area contributed by atoms with E-state index < -0.39 is 255 Å². The van der Waals surface area contributed by atoms with Crippen LogP contribution in [0.4, 0.5) is 0 Å². The van der Waals surface area contributed by atoms with Gasteiger partial charge >= 0.3 is 0 Å². The summed E-state index contributed by atoms with van der Waals surface area (Å²) in [5.74, 6) is 0. The van der Waals surface area contributed by atoms with E-state index in [-0.39, 0.29) is 59.3 Å². The Morgan fingerprint density at radius 1 is 0.286 bits per heavy atom. The van der Waals surface area contributed by atoms with Crippen LogP contribution in [-0.4, -0.2) is 416 Å². The lowest BCUT2D eigenvalue weighted by atomic mass is 9.95. The van der Waals surface area contributed by atoms with E-state index in [1.54, 1.807) is 0 Å². The summed E-state index contributed by atoms with van der Waals surface area (Å²) in [6.45, 7) is -5.49. The molecule has 0 aromatic carbocycles. The molecule has 14 bridgehead atoms. The van der Waals surface area contributed by atoms with Crippen molar-refractivity contribution in [2.45, 2.75) is 215 Å². The van der Waals surface area contributed by atoms with E-state index in [1.807, 2.05) is 0 Å². The molecule has 528 valence electrons. The average molecular weight is 1340 g/mol. The molecular weight excluding hydrogens is 1250 g/mol. The van der Waals surface area contributed by atoms with Crippen LogP contribution >= 0.6 is 0 Å². The second-order valence-electron chi connectivity index (χ2n) is 22.5. The van der Waals surface area contributed by atoms with Gasteiger partial charge in [-0.1, -0.05) is 5.11 Å². The summed E-state index contributed by atoms with van der Waals surface area (Å²) in [4.78, 5) is 2.63. The molecule has 35 unspecified atom stereocenters. The van der Waals surface area contributed by atoms with Gasteiger partial charge in [0.2, 0.25) is 0 Å². The Hall–Kier alpha value is -2.21. The van der Waals surface area contributed by atoms with E-state index in [0.29, 0.717) is 0 Å². The number of nitrogens with one attached hydrogen (secondary N) is 1. The number of hydrogen-bond donors (Lipinski definition) is 21. The van der Waals surface area contributed by atoms with Gasteiger partial charge in [0.25, 0.3) is 0 Å². The minimum atomic E-state index is -2.22. The predicted octanol–water partition coefficient (Wildman–Crippen LogP) is -14.3. The Morgan fingerprint density at radius 2 is 0.495 bits per heavy atom. The van der Waals surface area contributed by atoms with Gasteiger partial charge in [0, 0.05) is 24.5 Å². The van der Waals surface area contributed by atoms with Crippen molar-refractivity contribution in [2.75, 3.05) is 98.9 Å². The first kappa shape index (κ1) is 74.6. The second kappa shape index (κ2) is 34.8. The molecule has 0 saturated carbocycles. The highest BCUT2D eigenvalue weighted by Crippen LogP contribution is 2.39. The molecule has 0 aliphatic carbocycles. The number of aliphatic hydroxyl groups excluding tert-OH is 20. The molecule has 0 aromatic rings. The molecule has 41 nitrogen and oxygen atoms in total. The van der Waals surface area contributed by atoms with Gasteiger partial charge in [0.05, 0.1) is 79.3 Å². The lowest BCUT2D eigenvalue weighted by Gasteiger charge is -2.50. The Kier molecular flexibility index (Phi) is 28.5. The molecule has 41 heteroatoms. The van der Waals surface area contributed by atoms with Crippen LogP contribution in [0.25, 0.3) is 10.4 Å². The minimum Gasteiger partial charge on any atom is -0.394 e. The minimum absolute atomic E-state index is 0.0376. The number of hydrogen-bond acceptors (Lipinski definition) is 39. The van der Waals surface area contributed by atoms with Crippen molar-refractivity contribution in [3.05, 3.63) is 10.4 Å². The monoisotopic (exact) mass is 1330 g/mol. The summed E-state index contributed by atoms with van der Waals surface area (Å²) >= 11 is 0. The molecule has 0 amide bonds. The summed E-state index contributed by atoms with van der Waals surface area (Å²) in [6.07, 6.45) is -70.1. The van der Waals surface area contributed by atoms with Crippen LogP contribution in [0.2, 0.25) is 0 Å². The highest BCUT2D eigenvalue weighted by atomic mass is 16.8. The summed E-state index contributed by atoms with van der Waals surface area (Å²) in [7, 11) is 0. The summed E-state index contributed by atoms with van der Waals surface area (Å²) < 4.78 is 97.6. The molecule has 0 radical (unpaired) electrons. The van der Waals surface area contributed by atoms with Crippen LogP contribution in [0.1, 0.15) is 0 Å². The lowest BCUT2D eigenvalue weighted by Crippen LogP contribution is -2.68. The maximum absolute atomic E-state index is 11.8. The number of nitrogens with zero attached hydrogens (tertiary/aromatic N) is 3. The lowest BCUT2D eigenvalue weighted by molar-refractivity contribution is -0.396. The molecule has 21 rings (SSSR count). The zero-order chi connectivity index (χ0) is 66.0. The summed E-state index contributed by atoms with van der Waals surface area (Å²) in [6, 6.07) is 0. The van der Waals surface area contributed by atoms with Crippen molar-refractivity contribution >= 4 is 0 Å². The van der Waals surface area contributed by atoms with Crippen LogP contribution < -0.4 is 5.32 Å². The normalized spacial score (nSPS) is 48.5. The van der Waals surface area contributed by atoms with Gasteiger partial charge in [0.15, 0.2) is 44.0 Å². The van der Waals surface area contributed by atoms with Crippen molar-refractivity contribution in [3.63, 3.8) is 0 Å². The van der Waals surface area contributed by atoms with E-state index in [0.717, 1.165) is 0 Å². The fraction of sp³-hybridized carbons (Fsp3) is 1.00. The van der Waals surface area contributed by atoms with Crippen molar-refractivity contribution in [1.82, 2.24) is 5.32 Å². The van der Waals surface area contributed by atoms with E-state index >= 15 is 0 Å². The van der Waals surface area contributed by atoms with Gasteiger partial charge in [-0.25, -0.2) is 0 Å². The van der Waals surface area contributed by atoms with E-state index in [9.17, 15) is 102 Å². The van der Waals surface area contributed by atoms with Crippen LogP contribution in [0, 0.1) is 0 Å². The van der Waals surface area contributed by atoms with Crippen molar-refractivity contribution < 1.29 is 183 Å². The first-order valence-corrected chi connectivity index (χ1v) is 29.5. The van der Waals surface area contributed by atoms with E-state index in [2.05, 4.69) is 15.3 Å². The van der Waals surface area contributed by atoms with Crippen LogP contribution in [0.3, 0.4) is 0 Å². The number of rotatable bonds is 20. The zero-order valence-corrected chi connectivity index (χ0v) is 48.5. The fourth-order valence-electron chi connectivity index (χ4n) is 11.5. The van der Waals surface area contributed by atoms with E-state index in [4.69, 9.17) is 86.1 Å². The molecule has 21 saturated heterocycles. The molecule has 21 fully saturated rings. The predicted molar refractivity (Wildman–Crippen MR) is 281 cm³/mol. The van der Waals surface area contributed by atoms with Crippen LogP contribution in [-0.2, 0) is 80.5 Å². The zero-order valence-electron chi connectivity index (χ0n) is 48.5. The molecule has 35 atom stereocenters. The highest BCUT2D eigenvalue weighted by Gasteiger charge is 2.59. The van der Waals surface area contributed by atoms with Gasteiger partial charge in [-0.15, -0.1) is 0 Å². The average Bonchev–Trinajstić information content (AvgIpc) is 0.807. The van der Waals surface area contributed by atoms with Gasteiger partial charge in [0.1, 0.15) is 171 Å². The number of azide groups is 1. The van der Waals surface area contributed by atoms with Gasteiger partial charge in [-0.3, -0.25) is 0 Å². The largest absolute Gasteiger partial charge is 0.394 e. The molecule has 21 aliphatic heterocycles. The topological polar surface area (TPSA) is 622 Å². The number of aliphatic hydroxyl groups is 20. The molecule has 91 heavy (non-hydrogen) atoms. The first-order valence-electron chi connectivity index (χ1n) is 29.5. The second-order valence-corrected chi connectivity index (χ2v) is 22.5. The Morgan fingerprint density at radius 3 is 0.725 bits per heavy atom.